The van der Waals surface area contributed by atoms with Crippen LogP contribution >= 0.6 is 0 Å². The average Bonchev–Trinajstić information content (AvgIpc) is 3.04. The van der Waals surface area contributed by atoms with Gasteiger partial charge < -0.3 is 15.0 Å². The van der Waals surface area contributed by atoms with Gasteiger partial charge in [-0.2, -0.15) is 0 Å². The van der Waals surface area contributed by atoms with Crippen molar-refractivity contribution < 1.29 is 14.3 Å². The summed E-state index contributed by atoms with van der Waals surface area (Å²) >= 11 is 0. The molecule has 1 atom stereocenters. The van der Waals surface area contributed by atoms with Crippen molar-refractivity contribution >= 4 is 17.5 Å². The van der Waals surface area contributed by atoms with Crippen LogP contribution in [0.25, 0.3) is 0 Å². The van der Waals surface area contributed by atoms with Crippen LogP contribution in [0.15, 0.2) is 35.9 Å². The first-order valence-corrected chi connectivity index (χ1v) is 9.65. The maximum absolute atomic E-state index is 12.5. The molecule has 0 radical (unpaired) electrons. The summed E-state index contributed by atoms with van der Waals surface area (Å²) in [7, 11) is 0. The Labute approximate surface area is 155 Å². The quantitative estimate of drug-likeness (QED) is 0.757. The molecule has 1 unspecified atom stereocenters. The van der Waals surface area contributed by atoms with Gasteiger partial charge in [0.2, 0.25) is 11.8 Å². The zero-order valence-electron chi connectivity index (χ0n) is 15.5. The monoisotopic (exact) mass is 356 g/mol. The number of rotatable bonds is 7. The highest BCUT2D eigenvalue weighted by molar-refractivity contribution is 5.97. The number of amides is 2. The lowest BCUT2D eigenvalue weighted by molar-refractivity contribution is -0.128. The van der Waals surface area contributed by atoms with E-state index >= 15 is 0 Å². The van der Waals surface area contributed by atoms with Crippen LogP contribution in [0.1, 0.15) is 45.4 Å². The highest BCUT2D eigenvalue weighted by Gasteiger charge is 2.34. The summed E-state index contributed by atoms with van der Waals surface area (Å²) in [5.41, 5.74) is 2.20. The lowest BCUT2D eigenvalue weighted by Gasteiger charge is -2.19. The van der Waals surface area contributed by atoms with Gasteiger partial charge in [-0.05, 0) is 63.3 Å². The Morgan fingerprint density at radius 1 is 1.27 bits per heavy atom. The van der Waals surface area contributed by atoms with Crippen LogP contribution < -0.4 is 10.1 Å². The third-order valence-corrected chi connectivity index (χ3v) is 5.11. The molecule has 1 fully saturated rings. The van der Waals surface area contributed by atoms with Crippen molar-refractivity contribution in [1.82, 2.24) is 4.90 Å². The average molecular weight is 356 g/mol. The number of anilines is 1. The van der Waals surface area contributed by atoms with E-state index in [0.717, 1.165) is 37.2 Å². The molecular formula is C21H28N2O3. The van der Waals surface area contributed by atoms with Crippen molar-refractivity contribution in [3.8, 4) is 5.75 Å². The van der Waals surface area contributed by atoms with Crippen LogP contribution in [0.4, 0.5) is 5.69 Å². The maximum atomic E-state index is 12.5. The highest BCUT2D eigenvalue weighted by atomic mass is 16.5. The number of nitrogens with one attached hydrogen (secondary N) is 1. The van der Waals surface area contributed by atoms with E-state index in [4.69, 9.17) is 4.74 Å². The first kappa shape index (κ1) is 18.5. The van der Waals surface area contributed by atoms with Gasteiger partial charge in [0.15, 0.2) is 0 Å². The van der Waals surface area contributed by atoms with Gasteiger partial charge >= 0.3 is 0 Å². The fraction of sp³-hybridized carbons (Fsp3) is 0.524. The van der Waals surface area contributed by atoms with Gasteiger partial charge in [0.05, 0.1) is 12.5 Å². The summed E-state index contributed by atoms with van der Waals surface area (Å²) in [6, 6.07) is 7.33. The number of hydrogen-bond donors (Lipinski definition) is 1. The first-order chi connectivity index (χ1) is 12.7. The molecule has 1 aromatic rings. The summed E-state index contributed by atoms with van der Waals surface area (Å²) < 4.78 is 5.40. The fourth-order valence-corrected chi connectivity index (χ4v) is 3.62. The molecule has 1 aliphatic carbocycles. The molecule has 0 spiro atoms. The second-order valence-electron chi connectivity index (χ2n) is 7.05. The van der Waals surface area contributed by atoms with Gasteiger partial charge in [0.1, 0.15) is 5.75 Å². The molecule has 2 amide bonds. The highest BCUT2D eigenvalue weighted by Crippen LogP contribution is 2.24. The van der Waals surface area contributed by atoms with Gasteiger partial charge in [0, 0.05) is 25.2 Å². The third-order valence-electron chi connectivity index (χ3n) is 5.11. The summed E-state index contributed by atoms with van der Waals surface area (Å²) in [5, 5.41) is 2.92. The van der Waals surface area contributed by atoms with Crippen molar-refractivity contribution in [1.29, 1.82) is 0 Å². The van der Waals surface area contributed by atoms with E-state index in [2.05, 4.69) is 11.4 Å². The van der Waals surface area contributed by atoms with E-state index in [1.165, 1.54) is 18.4 Å². The molecule has 26 heavy (non-hydrogen) atoms. The molecule has 140 valence electrons. The smallest absolute Gasteiger partial charge is 0.229 e. The van der Waals surface area contributed by atoms with Gasteiger partial charge in [-0.3, -0.25) is 9.59 Å². The van der Waals surface area contributed by atoms with Gasteiger partial charge in [-0.25, -0.2) is 0 Å². The van der Waals surface area contributed by atoms with Crippen molar-refractivity contribution in [2.75, 3.05) is 25.0 Å². The summed E-state index contributed by atoms with van der Waals surface area (Å²) in [5.74, 6) is 0.522. The zero-order valence-corrected chi connectivity index (χ0v) is 15.5. The van der Waals surface area contributed by atoms with Crippen molar-refractivity contribution in [2.24, 2.45) is 5.92 Å². The molecule has 0 bridgehead atoms. The van der Waals surface area contributed by atoms with Gasteiger partial charge in [-0.1, -0.05) is 11.6 Å². The van der Waals surface area contributed by atoms with E-state index in [0.29, 0.717) is 19.6 Å². The second-order valence-corrected chi connectivity index (χ2v) is 7.05. The van der Waals surface area contributed by atoms with E-state index in [9.17, 15) is 9.59 Å². The largest absolute Gasteiger partial charge is 0.494 e. The molecule has 2 aliphatic rings. The number of carbonyl (C=O) groups excluding carboxylic acids is 2. The lowest BCUT2D eigenvalue weighted by Crippen LogP contribution is -2.29. The Bertz CT molecular complexity index is 666. The molecule has 5 heteroatoms. The molecule has 3 rings (SSSR count). The Morgan fingerprint density at radius 2 is 2.08 bits per heavy atom. The summed E-state index contributed by atoms with van der Waals surface area (Å²) in [6.07, 6.45) is 8.42. The minimum Gasteiger partial charge on any atom is -0.494 e. The molecule has 5 nitrogen and oxygen atoms in total. The first-order valence-electron chi connectivity index (χ1n) is 9.65. The van der Waals surface area contributed by atoms with E-state index in [1.807, 2.05) is 36.1 Å². The zero-order chi connectivity index (χ0) is 18.4. The Balaban J connectivity index is 1.49. The number of allylic oxidation sites excluding steroid dienone is 1. The molecular weight excluding hydrogens is 328 g/mol. The topological polar surface area (TPSA) is 58.6 Å². The van der Waals surface area contributed by atoms with Crippen molar-refractivity contribution in [3.05, 3.63) is 35.9 Å². The number of likely N-dealkylation sites (tertiary alicyclic amines) is 1. The third kappa shape index (κ3) is 4.87. The summed E-state index contributed by atoms with van der Waals surface area (Å²) in [4.78, 5) is 26.6. The van der Waals surface area contributed by atoms with Crippen molar-refractivity contribution in [2.45, 2.75) is 45.4 Å². The Hall–Kier alpha value is -2.30. The number of benzene rings is 1. The van der Waals surface area contributed by atoms with E-state index in [1.54, 1.807) is 0 Å². The molecule has 0 saturated carbocycles. The molecule has 1 aliphatic heterocycles. The van der Waals surface area contributed by atoms with Crippen LogP contribution in [0, 0.1) is 5.92 Å². The fourth-order valence-electron chi connectivity index (χ4n) is 3.62. The number of nitrogens with zero attached hydrogens (tertiary/aromatic N) is 1. The number of carbonyl (C=O) groups is 2. The van der Waals surface area contributed by atoms with Crippen LogP contribution in [0.5, 0.6) is 5.75 Å². The van der Waals surface area contributed by atoms with E-state index in [-0.39, 0.29) is 17.7 Å². The van der Waals surface area contributed by atoms with Crippen LogP contribution in [0.2, 0.25) is 0 Å². The Morgan fingerprint density at radius 3 is 2.77 bits per heavy atom. The van der Waals surface area contributed by atoms with Gasteiger partial charge in [0.25, 0.3) is 0 Å². The number of hydrogen-bond acceptors (Lipinski definition) is 3. The van der Waals surface area contributed by atoms with Crippen LogP contribution in [-0.4, -0.2) is 36.4 Å². The van der Waals surface area contributed by atoms with Crippen molar-refractivity contribution in [3.63, 3.8) is 0 Å². The SMILES string of the molecule is CCOc1ccc(NC(=O)C2CC(=O)N(CCC3=CCCCC3)C2)cc1. The van der Waals surface area contributed by atoms with Crippen LogP contribution in [0.3, 0.4) is 0 Å². The number of ether oxygens (including phenoxy) is 1. The minimum absolute atomic E-state index is 0.0816. The second kappa shape index (κ2) is 8.88. The predicted octanol–water partition coefficient (Wildman–Crippen LogP) is 3.76. The van der Waals surface area contributed by atoms with E-state index < -0.39 is 0 Å². The normalized spacial score (nSPS) is 20.0. The molecule has 1 saturated heterocycles. The minimum atomic E-state index is -0.269. The molecule has 0 aromatic heterocycles. The Kier molecular flexibility index (Phi) is 6.31. The maximum Gasteiger partial charge on any atom is 0.229 e. The molecule has 1 aromatic carbocycles. The van der Waals surface area contributed by atoms with Crippen LogP contribution in [-0.2, 0) is 9.59 Å². The molecule has 1 N–H and O–H groups in total. The van der Waals surface area contributed by atoms with Gasteiger partial charge in [-0.15, -0.1) is 0 Å². The summed E-state index contributed by atoms with van der Waals surface area (Å²) in [6.45, 7) is 3.80. The standard InChI is InChI=1S/C21H28N2O3/c1-2-26-19-10-8-18(9-11-19)22-21(25)17-14-20(24)23(15-17)13-12-16-6-4-3-5-7-16/h6,8-11,17H,2-5,7,12-15H2,1H3,(H,22,25). The predicted molar refractivity (Wildman–Crippen MR) is 102 cm³/mol. The lowest BCUT2D eigenvalue weighted by atomic mass is 9.97. The molecule has 1 heterocycles.